The van der Waals surface area contributed by atoms with Crippen molar-refractivity contribution in [1.29, 1.82) is 0 Å². The Morgan fingerprint density at radius 2 is 2.11 bits per heavy atom. The Labute approximate surface area is 109 Å². The number of aromatic amines is 1. The zero-order valence-corrected chi connectivity index (χ0v) is 10.7. The Morgan fingerprint density at radius 1 is 1.21 bits per heavy atom. The van der Waals surface area contributed by atoms with Crippen LogP contribution in [0.15, 0.2) is 35.0 Å². The molecule has 3 heterocycles. The zero-order chi connectivity index (χ0) is 13.2. The largest absolute Gasteiger partial charge is 0.332 e. The van der Waals surface area contributed by atoms with Gasteiger partial charge in [0, 0.05) is 11.9 Å². The van der Waals surface area contributed by atoms with Gasteiger partial charge in [0.25, 0.3) is 5.89 Å². The van der Waals surface area contributed by atoms with Gasteiger partial charge in [0.15, 0.2) is 5.69 Å². The first kappa shape index (κ1) is 11.6. The summed E-state index contributed by atoms with van der Waals surface area (Å²) in [6, 6.07) is 7.47. The molecule has 0 saturated carbocycles. The lowest BCUT2D eigenvalue weighted by Crippen LogP contribution is -1.85. The summed E-state index contributed by atoms with van der Waals surface area (Å²) in [5.41, 5.74) is 2.36. The summed E-state index contributed by atoms with van der Waals surface area (Å²) in [6.45, 7) is 4.18. The normalized spacial score (nSPS) is 11.1. The highest BCUT2D eigenvalue weighted by Crippen LogP contribution is 2.22. The third-order valence-electron chi connectivity index (χ3n) is 2.76. The van der Waals surface area contributed by atoms with Crippen molar-refractivity contribution in [1.82, 2.24) is 25.3 Å². The van der Waals surface area contributed by atoms with Crippen molar-refractivity contribution in [3.63, 3.8) is 0 Å². The van der Waals surface area contributed by atoms with Crippen molar-refractivity contribution in [2.75, 3.05) is 0 Å². The SMILES string of the molecule is CC(C)c1cc(-c2nc(-c3ccccn3)no2)n[nH]1. The van der Waals surface area contributed by atoms with Crippen molar-refractivity contribution >= 4 is 0 Å². The molecule has 19 heavy (non-hydrogen) atoms. The third kappa shape index (κ3) is 2.24. The van der Waals surface area contributed by atoms with Gasteiger partial charge in [0.2, 0.25) is 5.82 Å². The fourth-order valence-corrected chi connectivity index (χ4v) is 1.67. The van der Waals surface area contributed by atoms with E-state index < -0.39 is 0 Å². The van der Waals surface area contributed by atoms with Crippen LogP contribution in [0.1, 0.15) is 25.5 Å². The molecule has 0 atom stereocenters. The molecular weight excluding hydrogens is 242 g/mol. The van der Waals surface area contributed by atoms with E-state index in [2.05, 4.69) is 39.2 Å². The molecule has 1 N–H and O–H groups in total. The van der Waals surface area contributed by atoms with Crippen LogP contribution >= 0.6 is 0 Å². The van der Waals surface area contributed by atoms with Gasteiger partial charge in [-0.15, -0.1) is 0 Å². The standard InChI is InChI=1S/C13H13N5O/c1-8(2)10-7-11(17-16-10)13-15-12(18-19-13)9-5-3-4-6-14-9/h3-8H,1-2H3,(H,16,17). The lowest BCUT2D eigenvalue weighted by atomic mass is 10.1. The monoisotopic (exact) mass is 255 g/mol. The summed E-state index contributed by atoms with van der Waals surface area (Å²) in [6.07, 6.45) is 1.69. The average molecular weight is 255 g/mol. The van der Waals surface area contributed by atoms with Crippen LogP contribution in [0.4, 0.5) is 0 Å². The molecule has 0 aromatic carbocycles. The molecule has 0 aliphatic carbocycles. The molecule has 0 radical (unpaired) electrons. The van der Waals surface area contributed by atoms with Gasteiger partial charge in [0.1, 0.15) is 5.69 Å². The highest BCUT2D eigenvalue weighted by Gasteiger charge is 2.14. The van der Waals surface area contributed by atoms with E-state index in [1.54, 1.807) is 6.20 Å². The van der Waals surface area contributed by atoms with Crippen LogP contribution in [0.3, 0.4) is 0 Å². The van der Waals surface area contributed by atoms with E-state index in [1.165, 1.54) is 0 Å². The maximum Gasteiger partial charge on any atom is 0.278 e. The fourth-order valence-electron chi connectivity index (χ4n) is 1.67. The molecule has 6 nitrogen and oxygen atoms in total. The van der Waals surface area contributed by atoms with Crippen LogP contribution in [-0.2, 0) is 0 Å². The van der Waals surface area contributed by atoms with Crippen molar-refractivity contribution in [3.05, 3.63) is 36.2 Å². The van der Waals surface area contributed by atoms with Gasteiger partial charge in [-0.1, -0.05) is 25.1 Å². The molecule has 6 heteroatoms. The summed E-state index contributed by atoms with van der Waals surface area (Å²) in [7, 11) is 0. The molecule has 3 rings (SSSR count). The van der Waals surface area contributed by atoms with Crippen LogP contribution in [0.2, 0.25) is 0 Å². The number of hydrogen-bond donors (Lipinski definition) is 1. The summed E-state index contributed by atoms with van der Waals surface area (Å²) in [5, 5.41) is 11.0. The number of pyridine rings is 1. The Bertz CT molecular complexity index is 671. The minimum atomic E-state index is 0.374. The Kier molecular flexibility index (Phi) is 2.83. The van der Waals surface area contributed by atoms with Crippen LogP contribution in [0.25, 0.3) is 23.1 Å². The number of aromatic nitrogens is 5. The second-order valence-electron chi connectivity index (χ2n) is 4.50. The quantitative estimate of drug-likeness (QED) is 0.778. The maximum absolute atomic E-state index is 5.21. The van der Waals surface area contributed by atoms with Crippen LogP contribution < -0.4 is 0 Å². The molecular formula is C13H13N5O. The summed E-state index contributed by atoms with van der Waals surface area (Å²) < 4.78 is 5.21. The van der Waals surface area contributed by atoms with E-state index in [0.717, 1.165) is 5.69 Å². The Hall–Kier alpha value is -2.50. The first-order valence-corrected chi connectivity index (χ1v) is 6.05. The van der Waals surface area contributed by atoms with E-state index in [1.807, 2.05) is 24.3 Å². The molecule has 3 aromatic rings. The highest BCUT2D eigenvalue weighted by atomic mass is 16.5. The van der Waals surface area contributed by atoms with Gasteiger partial charge in [-0.3, -0.25) is 10.1 Å². The summed E-state index contributed by atoms with van der Waals surface area (Å²) in [4.78, 5) is 8.48. The average Bonchev–Trinajstić information content (AvgIpc) is 3.09. The van der Waals surface area contributed by atoms with Crippen LogP contribution in [0.5, 0.6) is 0 Å². The molecule has 0 amide bonds. The predicted octanol–water partition coefficient (Wildman–Crippen LogP) is 2.65. The molecule has 0 unspecified atom stereocenters. The van der Waals surface area contributed by atoms with Crippen molar-refractivity contribution < 1.29 is 4.52 Å². The Balaban J connectivity index is 1.92. The molecule has 0 aliphatic rings. The van der Waals surface area contributed by atoms with Crippen molar-refractivity contribution in [2.24, 2.45) is 0 Å². The first-order valence-electron chi connectivity index (χ1n) is 6.05. The van der Waals surface area contributed by atoms with Gasteiger partial charge in [-0.05, 0) is 24.1 Å². The number of nitrogens with one attached hydrogen (secondary N) is 1. The molecule has 0 spiro atoms. The topological polar surface area (TPSA) is 80.5 Å². The molecule has 96 valence electrons. The number of H-pyrrole nitrogens is 1. The molecule has 0 saturated heterocycles. The van der Waals surface area contributed by atoms with E-state index in [0.29, 0.717) is 29.0 Å². The van der Waals surface area contributed by atoms with E-state index in [-0.39, 0.29) is 0 Å². The smallest absolute Gasteiger partial charge is 0.278 e. The summed E-state index contributed by atoms with van der Waals surface area (Å²) >= 11 is 0. The molecule has 3 aromatic heterocycles. The number of hydrogen-bond acceptors (Lipinski definition) is 5. The van der Waals surface area contributed by atoms with E-state index in [9.17, 15) is 0 Å². The van der Waals surface area contributed by atoms with Crippen molar-refractivity contribution in [2.45, 2.75) is 19.8 Å². The van der Waals surface area contributed by atoms with Gasteiger partial charge in [-0.25, -0.2) is 0 Å². The van der Waals surface area contributed by atoms with Crippen LogP contribution in [-0.4, -0.2) is 25.3 Å². The number of nitrogens with zero attached hydrogens (tertiary/aromatic N) is 4. The molecule has 0 bridgehead atoms. The second-order valence-corrected chi connectivity index (χ2v) is 4.50. The number of rotatable bonds is 3. The minimum absolute atomic E-state index is 0.374. The van der Waals surface area contributed by atoms with Crippen molar-refractivity contribution in [3.8, 4) is 23.1 Å². The van der Waals surface area contributed by atoms with Gasteiger partial charge in [-0.2, -0.15) is 10.1 Å². The fraction of sp³-hybridized carbons (Fsp3) is 0.231. The third-order valence-corrected chi connectivity index (χ3v) is 2.76. The second kappa shape index (κ2) is 4.64. The highest BCUT2D eigenvalue weighted by molar-refractivity contribution is 5.54. The molecule has 0 aliphatic heterocycles. The lowest BCUT2D eigenvalue weighted by molar-refractivity contribution is 0.430. The summed E-state index contributed by atoms with van der Waals surface area (Å²) in [5.74, 6) is 1.23. The predicted molar refractivity (Wildman–Crippen MR) is 69.2 cm³/mol. The lowest BCUT2D eigenvalue weighted by Gasteiger charge is -1.95. The zero-order valence-electron chi connectivity index (χ0n) is 10.7. The van der Waals surface area contributed by atoms with E-state index in [4.69, 9.17) is 4.52 Å². The Morgan fingerprint density at radius 3 is 2.79 bits per heavy atom. The first-order chi connectivity index (χ1) is 9.24. The minimum Gasteiger partial charge on any atom is -0.332 e. The van der Waals surface area contributed by atoms with Crippen LogP contribution in [0, 0.1) is 0 Å². The maximum atomic E-state index is 5.21. The van der Waals surface area contributed by atoms with Gasteiger partial charge >= 0.3 is 0 Å². The van der Waals surface area contributed by atoms with Gasteiger partial charge < -0.3 is 4.52 Å². The van der Waals surface area contributed by atoms with Gasteiger partial charge in [0.05, 0.1) is 0 Å². The molecule has 0 fully saturated rings. The van der Waals surface area contributed by atoms with E-state index >= 15 is 0 Å².